The lowest BCUT2D eigenvalue weighted by molar-refractivity contribution is -0.111. The molecule has 0 aromatic heterocycles. The van der Waals surface area contributed by atoms with Gasteiger partial charge < -0.3 is 5.32 Å². The molecule has 2 aromatic carbocycles. The van der Waals surface area contributed by atoms with Gasteiger partial charge in [0.25, 0.3) is 5.76 Å². The lowest BCUT2D eigenvalue weighted by Crippen LogP contribution is -2.07. The van der Waals surface area contributed by atoms with Crippen molar-refractivity contribution in [1.82, 2.24) is 0 Å². The highest BCUT2D eigenvalue weighted by molar-refractivity contribution is 7.99. The van der Waals surface area contributed by atoms with Gasteiger partial charge in [-0.2, -0.15) is 8.78 Å². The van der Waals surface area contributed by atoms with Gasteiger partial charge in [0.05, 0.1) is 0 Å². The number of nitrogens with one attached hydrogen (secondary N) is 1. The fraction of sp³-hybridized carbons (Fsp3) is 0.0625. The molecule has 2 aromatic rings. The first-order chi connectivity index (χ1) is 10.5. The summed E-state index contributed by atoms with van der Waals surface area (Å²) in [4.78, 5) is 12.1. The highest BCUT2D eigenvalue weighted by atomic mass is 32.2. The highest BCUT2D eigenvalue weighted by Crippen LogP contribution is 2.27. The number of alkyl halides is 2. The highest BCUT2D eigenvalue weighted by Gasteiger charge is 2.06. The summed E-state index contributed by atoms with van der Waals surface area (Å²) in [7, 11) is 0. The molecule has 0 fully saturated rings. The maximum absolute atomic E-state index is 13.0. The van der Waals surface area contributed by atoms with E-state index in [9.17, 15) is 18.0 Å². The topological polar surface area (TPSA) is 29.1 Å². The van der Waals surface area contributed by atoms with Gasteiger partial charge in [0.15, 0.2) is 0 Å². The van der Waals surface area contributed by atoms with Crippen molar-refractivity contribution in [2.45, 2.75) is 10.7 Å². The Morgan fingerprint density at radius 1 is 1.14 bits per heavy atom. The van der Waals surface area contributed by atoms with Crippen LogP contribution in [0.5, 0.6) is 0 Å². The fourth-order valence-electron chi connectivity index (χ4n) is 1.72. The molecule has 114 valence electrons. The fourth-order valence-corrected chi connectivity index (χ4v) is 2.27. The number of anilines is 1. The van der Waals surface area contributed by atoms with Crippen molar-refractivity contribution in [2.75, 3.05) is 5.32 Å². The van der Waals surface area contributed by atoms with Crippen LogP contribution in [0.25, 0.3) is 6.08 Å². The SMILES string of the molecule is O=C(/C=C/c1cccc(F)c1)Nc1cccc(SC(F)F)c1. The Kier molecular flexibility index (Phi) is 5.66. The van der Waals surface area contributed by atoms with Crippen LogP contribution in [0.4, 0.5) is 18.9 Å². The molecule has 0 unspecified atom stereocenters. The van der Waals surface area contributed by atoms with Gasteiger partial charge in [-0.15, -0.1) is 0 Å². The van der Waals surface area contributed by atoms with Gasteiger partial charge in [0.1, 0.15) is 5.82 Å². The van der Waals surface area contributed by atoms with Crippen molar-refractivity contribution in [3.05, 3.63) is 66.0 Å². The van der Waals surface area contributed by atoms with E-state index in [0.29, 0.717) is 27.9 Å². The molecule has 0 bridgehead atoms. The van der Waals surface area contributed by atoms with E-state index in [0.717, 1.165) is 0 Å². The van der Waals surface area contributed by atoms with Crippen LogP contribution in [0.1, 0.15) is 5.56 Å². The van der Waals surface area contributed by atoms with Gasteiger partial charge in [0, 0.05) is 16.7 Å². The van der Waals surface area contributed by atoms with Gasteiger partial charge in [-0.1, -0.05) is 30.0 Å². The normalized spacial score (nSPS) is 11.1. The maximum Gasteiger partial charge on any atom is 0.288 e. The number of benzene rings is 2. The Hall–Kier alpha value is -2.21. The number of carbonyl (C=O) groups excluding carboxylic acids is 1. The molecule has 0 saturated heterocycles. The lowest BCUT2D eigenvalue weighted by atomic mass is 10.2. The minimum Gasteiger partial charge on any atom is -0.322 e. The molecular weight excluding hydrogens is 311 g/mol. The smallest absolute Gasteiger partial charge is 0.288 e. The monoisotopic (exact) mass is 323 g/mol. The molecule has 0 heterocycles. The summed E-state index contributed by atoms with van der Waals surface area (Å²) in [5.74, 6) is -3.33. The molecule has 2 nitrogen and oxygen atoms in total. The van der Waals surface area contributed by atoms with E-state index in [1.165, 1.54) is 42.5 Å². The Morgan fingerprint density at radius 2 is 1.91 bits per heavy atom. The van der Waals surface area contributed by atoms with Gasteiger partial charge in [-0.25, -0.2) is 4.39 Å². The van der Waals surface area contributed by atoms with Crippen LogP contribution in [0.2, 0.25) is 0 Å². The predicted octanol–water partition coefficient (Wildman–Crippen LogP) is 4.79. The second kappa shape index (κ2) is 7.70. The predicted molar refractivity (Wildman–Crippen MR) is 82.4 cm³/mol. The third-order valence-corrected chi connectivity index (χ3v) is 3.31. The van der Waals surface area contributed by atoms with E-state index in [2.05, 4.69) is 5.32 Å². The van der Waals surface area contributed by atoms with Crippen LogP contribution in [-0.4, -0.2) is 11.7 Å². The number of rotatable bonds is 5. The Labute approximate surface area is 130 Å². The molecular formula is C16H12F3NOS. The minimum absolute atomic E-state index is 0.363. The van der Waals surface area contributed by atoms with Crippen LogP contribution in [0, 0.1) is 5.82 Å². The lowest BCUT2D eigenvalue weighted by Gasteiger charge is -2.05. The quantitative estimate of drug-likeness (QED) is 0.633. The Balaban J connectivity index is 2.00. The van der Waals surface area contributed by atoms with E-state index in [1.807, 2.05) is 0 Å². The van der Waals surface area contributed by atoms with Crippen molar-refractivity contribution < 1.29 is 18.0 Å². The van der Waals surface area contributed by atoms with Crippen LogP contribution < -0.4 is 5.32 Å². The van der Waals surface area contributed by atoms with Gasteiger partial charge in [-0.3, -0.25) is 4.79 Å². The molecule has 22 heavy (non-hydrogen) atoms. The Morgan fingerprint density at radius 3 is 2.64 bits per heavy atom. The summed E-state index contributed by atoms with van der Waals surface area (Å²) < 4.78 is 37.6. The summed E-state index contributed by atoms with van der Waals surface area (Å²) in [5, 5.41) is 2.56. The largest absolute Gasteiger partial charge is 0.322 e. The summed E-state index contributed by atoms with van der Waals surface area (Å²) >= 11 is 0.407. The molecule has 0 spiro atoms. The molecule has 0 saturated carbocycles. The average Bonchev–Trinajstić information content (AvgIpc) is 2.45. The molecule has 0 atom stereocenters. The Bertz CT molecular complexity index is 689. The second-order valence-corrected chi connectivity index (χ2v) is 5.35. The molecule has 0 radical (unpaired) electrons. The van der Waals surface area contributed by atoms with Crippen LogP contribution in [-0.2, 0) is 4.79 Å². The standard InChI is InChI=1S/C16H12F3NOS/c17-12-4-1-3-11(9-12)7-8-15(21)20-13-5-2-6-14(10-13)22-16(18)19/h1-10,16H,(H,20,21)/b8-7+. The van der Waals surface area contributed by atoms with Crippen molar-refractivity contribution >= 4 is 29.4 Å². The van der Waals surface area contributed by atoms with E-state index in [1.54, 1.807) is 18.2 Å². The van der Waals surface area contributed by atoms with Crippen molar-refractivity contribution in [1.29, 1.82) is 0 Å². The van der Waals surface area contributed by atoms with Crippen LogP contribution in [0.3, 0.4) is 0 Å². The van der Waals surface area contributed by atoms with Crippen molar-refractivity contribution in [3.8, 4) is 0 Å². The van der Waals surface area contributed by atoms with Crippen LogP contribution in [0.15, 0.2) is 59.5 Å². The molecule has 0 aliphatic carbocycles. The number of hydrogen-bond donors (Lipinski definition) is 1. The first kappa shape index (κ1) is 16.2. The first-order valence-corrected chi connectivity index (χ1v) is 7.20. The molecule has 0 aliphatic heterocycles. The molecule has 1 amide bonds. The van der Waals surface area contributed by atoms with E-state index >= 15 is 0 Å². The molecule has 2 rings (SSSR count). The first-order valence-electron chi connectivity index (χ1n) is 6.32. The van der Waals surface area contributed by atoms with Crippen molar-refractivity contribution in [2.24, 2.45) is 0 Å². The number of amides is 1. The van der Waals surface area contributed by atoms with E-state index < -0.39 is 11.7 Å². The number of thioether (sulfide) groups is 1. The zero-order valence-electron chi connectivity index (χ0n) is 11.3. The number of carbonyl (C=O) groups is 1. The van der Waals surface area contributed by atoms with Gasteiger partial charge in [-0.05, 0) is 42.0 Å². The van der Waals surface area contributed by atoms with E-state index in [4.69, 9.17) is 0 Å². The average molecular weight is 323 g/mol. The van der Waals surface area contributed by atoms with E-state index in [-0.39, 0.29) is 5.82 Å². The summed E-state index contributed by atoms with van der Waals surface area (Å²) in [5.41, 5.74) is 0.969. The third kappa shape index (κ3) is 5.29. The molecule has 1 N–H and O–H groups in total. The number of hydrogen-bond acceptors (Lipinski definition) is 2. The molecule has 0 aliphatic rings. The zero-order chi connectivity index (χ0) is 15.9. The summed E-state index contributed by atoms with van der Waals surface area (Å²) in [6.45, 7) is 0. The minimum atomic E-state index is -2.51. The number of halogens is 3. The second-order valence-electron chi connectivity index (χ2n) is 4.28. The van der Waals surface area contributed by atoms with Crippen molar-refractivity contribution in [3.63, 3.8) is 0 Å². The summed E-state index contributed by atoms with van der Waals surface area (Å²) in [6.07, 6.45) is 2.72. The maximum atomic E-state index is 13.0. The van der Waals surface area contributed by atoms with Gasteiger partial charge >= 0.3 is 0 Å². The molecule has 6 heteroatoms. The van der Waals surface area contributed by atoms with Gasteiger partial charge in [0.2, 0.25) is 5.91 Å². The zero-order valence-corrected chi connectivity index (χ0v) is 12.1. The third-order valence-electron chi connectivity index (χ3n) is 2.60. The summed E-state index contributed by atoms with van der Waals surface area (Å²) in [6, 6.07) is 12.0. The van der Waals surface area contributed by atoms with Crippen LogP contribution >= 0.6 is 11.8 Å².